The highest BCUT2D eigenvalue weighted by atomic mass is 16.5. The van der Waals surface area contributed by atoms with Crippen LogP contribution in [0.5, 0.6) is 0 Å². The molecule has 0 fully saturated rings. The molecule has 2 rings (SSSR count). The predicted octanol–water partition coefficient (Wildman–Crippen LogP) is 3.90. The van der Waals surface area contributed by atoms with E-state index in [4.69, 9.17) is 4.74 Å². The van der Waals surface area contributed by atoms with Crippen molar-refractivity contribution in [1.82, 2.24) is 9.55 Å². The summed E-state index contributed by atoms with van der Waals surface area (Å²) in [6, 6.07) is 7.35. The number of rotatable bonds is 6. The Balaban J connectivity index is 0.00000155. The number of aromatic amines is 1. The van der Waals surface area contributed by atoms with Gasteiger partial charge in [0.25, 0.3) is 0 Å². The summed E-state index contributed by atoms with van der Waals surface area (Å²) < 4.78 is 6.68. The quantitative estimate of drug-likeness (QED) is 0.823. The second kappa shape index (κ2) is 9.07. The fraction of sp³-hybridized carbons (Fsp3) is 0.529. The summed E-state index contributed by atoms with van der Waals surface area (Å²) in [4.78, 5) is 26.7. The Bertz CT molecular complexity index is 649. The molecule has 5 heteroatoms. The molecule has 0 radical (unpaired) electrons. The molecule has 0 aliphatic rings. The van der Waals surface area contributed by atoms with Crippen LogP contribution >= 0.6 is 0 Å². The van der Waals surface area contributed by atoms with E-state index in [-0.39, 0.29) is 25.5 Å². The smallest absolute Gasteiger partial charge is 0.326 e. The number of esters is 1. The highest BCUT2D eigenvalue weighted by Crippen LogP contribution is 2.22. The lowest BCUT2D eigenvalue weighted by Gasteiger charge is -2.17. The number of carbonyl (C=O) groups excluding carboxylic acids is 1. The first-order chi connectivity index (χ1) is 10.7. The van der Waals surface area contributed by atoms with Gasteiger partial charge < -0.3 is 9.72 Å². The molecule has 2 aromatic rings. The number of imidazole rings is 1. The largest absolute Gasteiger partial charge is 0.466 e. The molecule has 0 amide bonds. The predicted molar refractivity (Wildman–Crippen MR) is 91.2 cm³/mol. The highest BCUT2D eigenvalue weighted by Gasteiger charge is 2.20. The number of para-hydroxylation sites is 2. The Hall–Kier alpha value is -2.04. The Kier molecular flexibility index (Phi) is 7.43. The van der Waals surface area contributed by atoms with Gasteiger partial charge in [0.2, 0.25) is 0 Å². The standard InChI is InChI=1S/C15H20N2O3.C2H6.H2/c1-3-7-11(10-14(18)20-4-2)17-13-9-6-5-8-12(13)16-15(17)19;1-2;/h5-6,8-9,11H,3-4,7,10H2,1-2H3,(H,16,19);1-2H3;1H. The van der Waals surface area contributed by atoms with Crippen molar-refractivity contribution in [3.63, 3.8) is 0 Å². The Morgan fingerprint density at radius 3 is 2.64 bits per heavy atom. The molecule has 0 saturated carbocycles. The van der Waals surface area contributed by atoms with Crippen molar-refractivity contribution in [2.45, 2.75) is 53.0 Å². The number of aromatic nitrogens is 2. The number of H-pyrrole nitrogens is 1. The van der Waals surface area contributed by atoms with E-state index in [0.29, 0.717) is 6.61 Å². The van der Waals surface area contributed by atoms with Crippen LogP contribution in [-0.2, 0) is 9.53 Å². The van der Waals surface area contributed by atoms with E-state index in [0.717, 1.165) is 23.9 Å². The van der Waals surface area contributed by atoms with Crippen molar-refractivity contribution >= 4 is 17.0 Å². The first-order valence-electron chi connectivity index (χ1n) is 8.02. The minimum absolute atomic E-state index is 0. The summed E-state index contributed by atoms with van der Waals surface area (Å²) >= 11 is 0. The lowest BCUT2D eigenvalue weighted by atomic mass is 10.1. The second-order valence-corrected chi connectivity index (χ2v) is 4.77. The maximum Gasteiger partial charge on any atom is 0.326 e. The molecular formula is C17H28N2O3. The third-order valence-electron chi connectivity index (χ3n) is 3.32. The van der Waals surface area contributed by atoms with Crippen molar-refractivity contribution in [2.75, 3.05) is 6.61 Å². The molecule has 0 bridgehead atoms. The van der Waals surface area contributed by atoms with Gasteiger partial charge in [-0.2, -0.15) is 0 Å². The molecular weight excluding hydrogens is 280 g/mol. The minimum Gasteiger partial charge on any atom is -0.466 e. The van der Waals surface area contributed by atoms with E-state index in [1.165, 1.54) is 0 Å². The highest BCUT2D eigenvalue weighted by molar-refractivity contribution is 5.76. The lowest BCUT2D eigenvalue weighted by molar-refractivity contribution is -0.144. The third-order valence-corrected chi connectivity index (χ3v) is 3.32. The van der Waals surface area contributed by atoms with Gasteiger partial charge in [-0.3, -0.25) is 9.36 Å². The Morgan fingerprint density at radius 2 is 2.00 bits per heavy atom. The van der Waals surface area contributed by atoms with E-state index in [1.54, 1.807) is 11.5 Å². The summed E-state index contributed by atoms with van der Waals surface area (Å²) in [5.74, 6) is -0.261. The van der Waals surface area contributed by atoms with E-state index in [9.17, 15) is 9.59 Å². The average molecular weight is 308 g/mol. The van der Waals surface area contributed by atoms with Crippen LogP contribution in [0, 0.1) is 0 Å². The van der Waals surface area contributed by atoms with Gasteiger partial charge in [-0.25, -0.2) is 4.79 Å². The van der Waals surface area contributed by atoms with E-state index in [2.05, 4.69) is 4.98 Å². The minimum atomic E-state index is -0.261. The van der Waals surface area contributed by atoms with E-state index < -0.39 is 0 Å². The van der Waals surface area contributed by atoms with Gasteiger partial charge in [0.1, 0.15) is 0 Å². The van der Waals surface area contributed by atoms with Gasteiger partial charge in [-0.1, -0.05) is 39.3 Å². The van der Waals surface area contributed by atoms with Crippen LogP contribution in [0.4, 0.5) is 0 Å². The number of nitrogens with one attached hydrogen (secondary N) is 1. The van der Waals surface area contributed by atoms with Gasteiger partial charge in [-0.15, -0.1) is 0 Å². The number of nitrogens with zero attached hydrogens (tertiary/aromatic N) is 1. The van der Waals surface area contributed by atoms with Crippen LogP contribution in [0.15, 0.2) is 29.1 Å². The topological polar surface area (TPSA) is 64.1 Å². The van der Waals surface area contributed by atoms with Crippen LogP contribution < -0.4 is 5.69 Å². The number of fused-ring (bicyclic) bond motifs is 1. The molecule has 0 aliphatic heterocycles. The van der Waals surface area contributed by atoms with Crippen LogP contribution in [0.1, 0.15) is 54.4 Å². The number of ether oxygens (including phenoxy) is 1. The molecule has 1 aromatic carbocycles. The summed E-state index contributed by atoms with van der Waals surface area (Å²) in [6.07, 6.45) is 1.89. The van der Waals surface area contributed by atoms with Crippen molar-refractivity contribution in [1.29, 1.82) is 0 Å². The van der Waals surface area contributed by atoms with Gasteiger partial charge in [0, 0.05) is 7.47 Å². The zero-order chi connectivity index (χ0) is 16.5. The van der Waals surface area contributed by atoms with E-state index in [1.807, 2.05) is 45.0 Å². The Morgan fingerprint density at radius 1 is 1.32 bits per heavy atom. The van der Waals surface area contributed by atoms with E-state index >= 15 is 0 Å². The van der Waals surface area contributed by atoms with Crippen LogP contribution in [0.25, 0.3) is 11.0 Å². The molecule has 22 heavy (non-hydrogen) atoms. The number of hydrogen-bond donors (Lipinski definition) is 1. The summed E-state index contributed by atoms with van der Waals surface area (Å²) in [5.41, 5.74) is 1.46. The molecule has 1 N–H and O–H groups in total. The van der Waals surface area contributed by atoms with Crippen LogP contribution in [0.3, 0.4) is 0 Å². The van der Waals surface area contributed by atoms with Gasteiger partial charge in [0.05, 0.1) is 24.1 Å². The fourth-order valence-electron chi connectivity index (χ4n) is 2.50. The molecule has 0 spiro atoms. The second-order valence-electron chi connectivity index (χ2n) is 4.77. The zero-order valence-electron chi connectivity index (χ0n) is 13.9. The fourth-order valence-corrected chi connectivity index (χ4v) is 2.50. The van der Waals surface area contributed by atoms with Crippen molar-refractivity contribution in [3.05, 3.63) is 34.7 Å². The SMILES string of the molecule is CC.CCCC(CC(=O)OCC)n1c(=O)[nH]c2ccccc21.[HH]. The molecule has 5 nitrogen and oxygen atoms in total. The third kappa shape index (κ3) is 4.23. The van der Waals surface area contributed by atoms with Crippen molar-refractivity contribution in [2.24, 2.45) is 0 Å². The van der Waals surface area contributed by atoms with Gasteiger partial charge >= 0.3 is 11.7 Å². The molecule has 1 heterocycles. The monoisotopic (exact) mass is 308 g/mol. The first-order valence-corrected chi connectivity index (χ1v) is 8.02. The molecule has 1 unspecified atom stereocenters. The van der Waals surface area contributed by atoms with Crippen LogP contribution in [-0.4, -0.2) is 22.1 Å². The summed E-state index contributed by atoms with van der Waals surface area (Å²) in [6.45, 7) is 8.18. The first kappa shape index (κ1) is 18.0. The molecule has 0 aliphatic carbocycles. The molecule has 124 valence electrons. The number of benzene rings is 1. The maximum atomic E-state index is 12.1. The summed E-state index contributed by atoms with van der Waals surface area (Å²) in [7, 11) is 0. The van der Waals surface area contributed by atoms with Gasteiger partial charge in [-0.05, 0) is 25.5 Å². The maximum absolute atomic E-state index is 12.1. The summed E-state index contributed by atoms with van der Waals surface area (Å²) in [5, 5.41) is 0. The molecule has 1 aromatic heterocycles. The lowest BCUT2D eigenvalue weighted by Crippen LogP contribution is -2.25. The molecule has 1 atom stereocenters. The van der Waals surface area contributed by atoms with Gasteiger partial charge in [0.15, 0.2) is 0 Å². The average Bonchev–Trinajstić information content (AvgIpc) is 2.85. The number of carbonyl (C=O) groups is 1. The number of hydrogen-bond acceptors (Lipinski definition) is 3. The van der Waals surface area contributed by atoms with Crippen molar-refractivity contribution < 1.29 is 11.0 Å². The normalized spacial score (nSPS) is 11.6. The van der Waals surface area contributed by atoms with Crippen molar-refractivity contribution in [3.8, 4) is 0 Å². The zero-order valence-corrected chi connectivity index (χ0v) is 13.9. The van der Waals surface area contributed by atoms with Crippen LogP contribution in [0.2, 0.25) is 0 Å². The Labute approximate surface area is 132 Å². The molecule has 0 saturated heterocycles.